The number of oxazole rings is 1. The molecular weight excluding hydrogens is 261 g/mol. The lowest BCUT2D eigenvalue weighted by molar-refractivity contribution is 0.282. The zero-order chi connectivity index (χ0) is 14.1. The van der Waals surface area contributed by atoms with Crippen molar-refractivity contribution < 1.29 is 13.9 Å². The molecule has 1 heterocycles. The van der Waals surface area contributed by atoms with Gasteiger partial charge in [0.1, 0.15) is 5.82 Å². The molecule has 102 valence electrons. The van der Waals surface area contributed by atoms with Crippen molar-refractivity contribution in [1.29, 1.82) is 0 Å². The monoisotopic (exact) mass is 273 g/mol. The molecule has 4 nitrogen and oxygen atoms in total. The number of hydrogen-bond donors (Lipinski definition) is 1. The summed E-state index contributed by atoms with van der Waals surface area (Å²) in [5, 5.41) is 9.15. The molecule has 0 fully saturated rings. The molecule has 3 aromatic rings. The zero-order valence-electron chi connectivity index (χ0n) is 10.5. The standard InChI is InChI=1S/C15H12FNO3/c16-12-4-2-1-3-11(12)8-17-13-7-10(9-18)5-6-14(13)20-15(17)19/h1-7,18H,8-9H2. The van der Waals surface area contributed by atoms with E-state index in [2.05, 4.69) is 0 Å². The van der Waals surface area contributed by atoms with Crippen molar-refractivity contribution in [3.8, 4) is 0 Å². The van der Waals surface area contributed by atoms with Crippen LogP contribution in [0.3, 0.4) is 0 Å². The maximum Gasteiger partial charge on any atom is 0.420 e. The van der Waals surface area contributed by atoms with Gasteiger partial charge in [-0.05, 0) is 23.8 Å². The Labute approximate surface area is 113 Å². The van der Waals surface area contributed by atoms with Crippen LogP contribution < -0.4 is 5.76 Å². The third kappa shape index (κ3) is 2.12. The van der Waals surface area contributed by atoms with E-state index in [1.165, 1.54) is 10.6 Å². The fourth-order valence-corrected chi connectivity index (χ4v) is 2.15. The van der Waals surface area contributed by atoms with Gasteiger partial charge < -0.3 is 9.52 Å². The van der Waals surface area contributed by atoms with E-state index in [1.54, 1.807) is 36.4 Å². The molecular formula is C15H12FNO3. The number of fused-ring (bicyclic) bond motifs is 1. The first-order valence-electron chi connectivity index (χ1n) is 6.15. The Kier molecular flexibility index (Phi) is 3.12. The molecule has 0 saturated carbocycles. The van der Waals surface area contributed by atoms with Gasteiger partial charge in [0.25, 0.3) is 0 Å². The second-order valence-corrected chi connectivity index (χ2v) is 4.51. The molecule has 0 atom stereocenters. The topological polar surface area (TPSA) is 55.4 Å². The Morgan fingerprint density at radius 3 is 2.75 bits per heavy atom. The number of aliphatic hydroxyl groups excluding tert-OH is 1. The summed E-state index contributed by atoms with van der Waals surface area (Å²) in [6, 6.07) is 11.3. The zero-order valence-corrected chi connectivity index (χ0v) is 10.5. The molecule has 5 heteroatoms. The molecule has 0 aliphatic rings. The molecule has 2 aromatic carbocycles. The normalized spacial score (nSPS) is 11.1. The molecule has 0 saturated heterocycles. The predicted molar refractivity (Wildman–Crippen MR) is 71.9 cm³/mol. The number of benzene rings is 2. The lowest BCUT2D eigenvalue weighted by Gasteiger charge is -2.04. The van der Waals surface area contributed by atoms with E-state index < -0.39 is 5.76 Å². The summed E-state index contributed by atoms with van der Waals surface area (Å²) in [5.74, 6) is -0.912. The molecule has 0 unspecified atom stereocenters. The van der Waals surface area contributed by atoms with Crippen LogP contribution in [-0.4, -0.2) is 9.67 Å². The minimum atomic E-state index is -0.543. The van der Waals surface area contributed by atoms with Crippen molar-refractivity contribution in [3.05, 3.63) is 70.0 Å². The van der Waals surface area contributed by atoms with Gasteiger partial charge in [0.05, 0.1) is 18.7 Å². The van der Waals surface area contributed by atoms with Crippen molar-refractivity contribution in [2.24, 2.45) is 0 Å². The van der Waals surface area contributed by atoms with Crippen LogP contribution in [0.5, 0.6) is 0 Å². The molecule has 0 aliphatic heterocycles. The summed E-state index contributed by atoms with van der Waals surface area (Å²) in [6.45, 7) is -0.0393. The Morgan fingerprint density at radius 2 is 2.00 bits per heavy atom. The molecule has 20 heavy (non-hydrogen) atoms. The molecule has 1 N–H and O–H groups in total. The third-order valence-electron chi connectivity index (χ3n) is 3.20. The van der Waals surface area contributed by atoms with Crippen LogP contribution in [-0.2, 0) is 13.2 Å². The van der Waals surface area contributed by atoms with Gasteiger partial charge in [-0.1, -0.05) is 24.3 Å². The lowest BCUT2D eigenvalue weighted by atomic mass is 10.2. The first-order valence-corrected chi connectivity index (χ1v) is 6.15. The van der Waals surface area contributed by atoms with Gasteiger partial charge in [0.2, 0.25) is 0 Å². The lowest BCUT2D eigenvalue weighted by Crippen LogP contribution is -2.15. The highest BCUT2D eigenvalue weighted by atomic mass is 19.1. The van der Waals surface area contributed by atoms with Crippen molar-refractivity contribution in [2.75, 3.05) is 0 Å². The summed E-state index contributed by atoms with van der Waals surface area (Å²) < 4.78 is 20.1. The summed E-state index contributed by atoms with van der Waals surface area (Å²) >= 11 is 0. The van der Waals surface area contributed by atoms with E-state index in [9.17, 15) is 9.18 Å². The van der Waals surface area contributed by atoms with Gasteiger partial charge in [0.15, 0.2) is 5.58 Å². The van der Waals surface area contributed by atoms with Crippen LogP contribution in [0.25, 0.3) is 11.1 Å². The number of nitrogens with zero attached hydrogens (tertiary/aromatic N) is 1. The van der Waals surface area contributed by atoms with Gasteiger partial charge in [-0.2, -0.15) is 0 Å². The Morgan fingerprint density at radius 1 is 1.20 bits per heavy atom. The highest BCUT2D eigenvalue weighted by Gasteiger charge is 2.12. The molecule has 1 aromatic heterocycles. The quantitative estimate of drug-likeness (QED) is 0.796. The fourth-order valence-electron chi connectivity index (χ4n) is 2.15. The Bertz CT molecular complexity index is 819. The molecule has 0 amide bonds. The summed E-state index contributed by atoms with van der Waals surface area (Å²) in [4.78, 5) is 11.9. The van der Waals surface area contributed by atoms with Gasteiger partial charge >= 0.3 is 5.76 Å². The van der Waals surface area contributed by atoms with Crippen molar-refractivity contribution in [2.45, 2.75) is 13.2 Å². The SMILES string of the molecule is O=c1oc2ccc(CO)cc2n1Cc1ccccc1F. The molecule has 3 rings (SSSR count). The van der Waals surface area contributed by atoms with E-state index in [4.69, 9.17) is 9.52 Å². The third-order valence-corrected chi connectivity index (χ3v) is 3.20. The maximum atomic E-state index is 13.7. The van der Waals surface area contributed by atoms with Crippen molar-refractivity contribution in [1.82, 2.24) is 4.57 Å². The number of aliphatic hydroxyl groups is 1. The van der Waals surface area contributed by atoms with Crippen molar-refractivity contribution in [3.63, 3.8) is 0 Å². The van der Waals surface area contributed by atoms with Gasteiger partial charge in [-0.25, -0.2) is 9.18 Å². The Balaban J connectivity index is 2.13. The van der Waals surface area contributed by atoms with Crippen LogP contribution in [0.4, 0.5) is 4.39 Å². The van der Waals surface area contributed by atoms with E-state index in [-0.39, 0.29) is 19.0 Å². The first-order chi connectivity index (χ1) is 9.69. The smallest absolute Gasteiger partial charge is 0.408 e. The average molecular weight is 273 g/mol. The van der Waals surface area contributed by atoms with E-state index in [0.29, 0.717) is 22.2 Å². The second-order valence-electron chi connectivity index (χ2n) is 4.51. The van der Waals surface area contributed by atoms with Gasteiger partial charge in [-0.15, -0.1) is 0 Å². The minimum Gasteiger partial charge on any atom is -0.408 e. The fraction of sp³-hybridized carbons (Fsp3) is 0.133. The summed E-state index contributed by atoms with van der Waals surface area (Å²) in [7, 11) is 0. The van der Waals surface area contributed by atoms with Gasteiger partial charge in [0, 0.05) is 5.56 Å². The summed E-state index contributed by atoms with van der Waals surface area (Å²) in [6.07, 6.45) is 0. The molecule has 0 bridgehead atoms. The van der Waals surface area contributed by atoms with Crippen molar-refractivity contribution >= 4 is 11.1 Å². The maximum absolute atomic E-state index is 13.7. The predicted octanol–water partition coefficient (Wildman–Crippen LogP) is 2.27. The molecule has 0 aliphatic carbocycles. The first kappa shape index (κ1) is 12.6. The highest BCUT2D eigenvalue weighted by Crippen LogP contribution is 2.17. The van der Waals surface area contributed by atoms with Gasteiger partial charge in [-0.3, -0.25) is 4.57 Å². The van der Waals surface area contributed by atoms with E-state index in [0.717, 1.165) is 0 Å². The number of halogens is 1. The van der Waals surface area contributed by atoms with E-state index >= 15 is 0 Å². The van der Waals surface area contributed by atoms with Crippen LogP contribution in [0.2, 0.25) is 0 Å². The van der Waals surface area contributed by atoms with Crippen LogP contribution in [0, 0.1) is 5.82 Å². The van der Waals surface area contributed by atoms with E-state index in [1.807, 2.05) is 0 Å². The minimum absolute atomic E-state index is 0.0907. The largest absolute Gasteiger partial charge is 0.420 e. The summed E-state index contributed by atoms with van der Waals surface area (Å²) in [5.41, 5.74) is 2.04. The van der Waals surface area contributed by atoms with Crippen LogP contribution in [0.15, 0.2) is 51.7 Å². The number of aromatic nitrogens is 1. The van der Waals surface area contributed by atoms with Crippen LogP contribution >= 0.6 is 0 Å². The number of hydrogen-bond acceptors (Lipinski definition) is 3. The van der Waals surface area contributed by atoms with Crippen LogP contribution in [0.1, 0.15) is 11.1 Å². The second kappa shape index (κ2) is 4.94. The Hall–Kier alpha value is -2.40. The molecule has 0 spiro atoms. The molecule has 0 radical (unpaired) electrons. The number of rotatable bonds is 3. The average Bonchev–Trinajstić information content (AvgIpc) is 2.77. The highest BCUT2D eigenvalue weighted by molar-refractivity contribution is 5.73.